The lowest BCUT2D eigenvalue weighted by Crippen LogP contribution is -2.71. The lowest BCUT2D eigenvalue weighted by molar-refractivity contribution is -0.150. The number of nitrogens with zero attached hydrogens (tertiary/aromatic N) is 4. The molecule has 0 saturated carbocycles. The first-order valence-corrected chi connectivity index (χ1v) is 13.7. The number of hydrogen-bond donors (Lipinski definition) is 6. The van der Waals surface area contributed by atoms with E-state index >= 15 is 0 Å². The maximum atomic E-state index is 12.9. The highest BCUT2D eigenvalue weighted by Gasteiger charge is 2.54. The number of fused-ring (bicyclic) bond motifs is 1. The quantitative estimate of drug-likeness (QED) is 0.0388. The second kappa shape index (κ2) is 12.5. The van der Waals surface area contributed by atoms with Gasteiger partial charge < -0.3 is 27.1 Å². The molecule has 13 nitrogen and oxygen atoms in total. The number of nitrogens with one attached hydrogen (secondary N) is 2. The number of oxime groups is 1. The van der Waals surface area contributed by atoms with Crippen LogP contribution in [0.2, 0.25) is 0 Å². The van der Waals surface area contributed by atoms with Gasteiger partial charge in [0, 0.05) is 52.4 Å². The molecule has 0 aromatic carbocycles. The molecule has 36 heavy (non-hydrogen) atoms. The second-order valence-electron chi connectivity index (χ2n) is 7.12. The molecular formula is C19H23N8O5S4+. The Bertz CT molecular complexity index is 1170. The van der Waals surface area contributed by atoms with Gasteiger partial charge in [-0.25, -0.2) is 4.79 Å². The van der Waals surface area contributed by atoms with Crippen molar-refractivity contribution in [1.29, 1.82) is 5.41 Å². The van der Waals surface area contributed by atoms with Gasteiger partial charge in [-0.05, 0) is 12.1 Å². The number of aromatic nitrogens is 1. The van der Waals surface area contributed by atoms with Crippen LogP contribution in [0.4, 0.5) is 0 Å². The molecule has 0 radical (unpaired) electrons. The van der Waals surface area contributed by atoms with Gasteiger partial charge in [0.05, 0.1) is 5.69 Å². The van der Waals surface area contributed by atoms with Gasteiger partial charge >= 0.3 is 11.1 Å². The minimum atomic E-state index is -1.27. The maximum absolute atomic E-state index is 12.9. The highest BCUT2D eigenvalue weighted by Crippen LogP contribution is 2.45. The van der Waals surface area contributed by atoms with Gasteiger partial charge in [-0.3, -0.25) is 24.9 Å². The summed E-state index contributed by atoms with van der Waals surface area (Å²) < 4.78 is 0. The number of carbonyl (C=O) groups is 3. The van der Waals surface area contributed by atoms with Gasteiger partial charge in [0.25, 0.3) is 11.8 Å². The van der Waals surface area contributed by atoms with E-state index in [4.69, 9.17) is 22.1 Å². The van der Waals surface area contributed by atoms with Gasteiger partial charge in [-0.2, -0.15) is 16.8 Å². The van der Waals surface area contributed by atoms with E-state index in [1.54, 1.807) is 24.0 Å². The Morgan fingerprint density at radius 1 is 1.44 bits per heavy atom. The minimum absolute atomic E-state index is 0.163. The third kappa shape index (κ3) is 6.15. The number of carboxylic acids is 1. The Labute approximate surface area is 223 Å². The van der Waals surface area contributed by atoms with Gasteiger partial charge in [0.15, 0.2) is 5.84 Å². The molecular weight excluding hydrogens is 549 g/mol. The van der Waals surface area contributed by atoms with Crippen LogP contribution >= 0.6 is 35.3 Å². The Morgan fingerprint density at radius 3 is 2.83 bits per heavy atom. The Hall–Kier alpha value is -2.73. The summed E-state index contributed by atoms with van der Waals surface area (Å²) in [5.74, 6) is -2.04. The van der Waals surface area contributed by atoms with Gasteiger partial charge in [-0.15, -0.1) is 11.8 Å². The number of carbonyl (C=O) groups excluding carboxylic acids is 2. The van der Waals surface area contributed by atoms with Crippen molar-refractivity contribution < 1.29 is 24.7 Å². The van der Waals surface area contributed by atoms with Crippen LogP contribution in [0, 0.1) is 5.41 Å². The van der Waals surface area contributed by atoms with Crippen molar-refractivity contribution in [2.45, 2.75) is 22.1 Å². The first-order chi connectivity index (χ1) is 17.2. The summed E-state index contributed by atoms with van der Waals surface area (Å²) in [5, 5.41) is 31.0. The topological polar surface area (TPSA) is 220 Å². The lowest BCUT2D eigenvalue weighted by Gasteiger charge is -2.49. The van der Waals surface area contributed by atoms with Crippen LogP contribution in [-0.2, 0) is 32.8 Å². The molecule has 3 heterocycles. The zero-order valence-electron chi connectivity index (χ0n) is 18.5. The Morgan fingerprint density at radius 2 is 2.19 bits per heavy atom. The SMILES string of the molecule is N=C(N=C(N)[SH2+])/C(=N/O)C(=O)N[C@@H]1C(=O)N2C(C(=O)O)=C(Sc3cccnc3CSCCN)CSC12. The highest BCUT2D eigenvalue weighted by molar-refractivity contribution is 8.06. The number of thioether (sulfide) groups is 3. The molecule has 1 saturated heterocycles. The fourth-order valence-electron chi connectivity index (χ4n) is 3.26. The summed E-state index contributed by atoms with van der Waals surface area (Å²) in [7, 11) is 0. The van der Waals surface area contributed by atoms with Gasteiger partial charge in [-0.1, -0.05) is 16.9 Å². The van der Waals surface area contributed by atoms with Crippen LogP contribution in [-0.4, -0.2) is 84.2 Å². The van der Waals surface area contributed by atoms with E-state index in [1.807, 2.05) is 6.07 Å². The first-order valence-electron chi connectivity index (χ1n) is 10.2. The predicted molar refractivity (Wildman–Crippen MR) is 144 cm³/mol. The molecule has 0 spiro atoms. The van der Waals surface area contributed by atoms with Crippen LogP contribution in [0.3, 0.4) is 0 Å². The maximum Gasteiger partial charge on any atom is 0.353 e. The summed E-state index contributed by atoms with van der Waals surface area (Å²) in [5.41, 5.74) is 10.7. The molecule has 2 aliphatic heterocycles. The van der Waals surface area contributed by atoms with Crippen molar-refractivity contribution in [3.8, 4) is 0 Å². The van der Waals surface area contributed by atoms with E-state index in [1.165, 1.54) is 23.5 Å². The molecule has 17 heteroatoms. The number of nitrogens with two attached hydrogens (primary N) is 2. The number of β-lactam (4-membered cyclic amide) rings is 1. The standard InChI is InChI=1S/C19H22N8O5S4/c20-3-5-34-6-8-9(2-1-4-23-8)36-10-7-35-17-12(16(29)27(17)13(10)18(30)31)24-15(28)11(26-32)14(21)25-19(22)33/h1-2,4,12,17,32H,3,5-7,20H2,(H,24,28)(H,30,31)(H4,21,22,25,33)/p+1/b26-11-/t12-,17?/m1/s1. The third-order valence-electron chi connectivity index (χ3n) is 4.78. The van der Waals surface area contributed by atoms with Gasteiger partial charge in [0.2, 0.25) is 5.71 Å². The third-order valence-corrected chi connectivity index (χ3v) is 8.53. The summed E-state index contributed by atoms with van der Waals surface area (Å²) in [6.45, 7) is 0.533. The number of amides is 2. The number of carboxylic acid groups (broad SMARTS) is 1. The van der Waals surface area contributed by atoms with Crippen molar-refractivity contribution in [3.05, 3.63) is 34.6 Å². The molecule has 192 valence electrons. The van der Waals surface area contributed by atoms with E-state index in [-0.39, 0.29) is 16.6 Å². The first kappa shape index (κ1) is 27.9. The second-order valence-corrected chi connectivity index (χ2v) is 11.0. The molecule has 2 amide bonds. The summed E-state index contributed by atoms with van der Waals surface area (Å²) >= 11 is 6.98. The molecule has 1 unspecified atom stereocenters. The number of aliphatic imine (C=N–C) groups is 1. The molecule has 2 aliphatic rings. The van der Waals surface area contributed by atoms with Crippen LogP contribution in [0.5, 0.6) is 0 Å². The molecule has 1 fully saturated rings. The fraction of sp³-hybridized carbons (Fsp3) is 0.316. The molecule has 3 rings (SSSR count). The Balaban J connectivity index is 1.79. The molecule has 2 atom stereocenters. The zero-order valence-corrected chi connectivity index (χ0v) is 22.0. The van der Waals surface area contributed by atoms with Gasteiger partial charge in [0.1, 0.15) is 17.1 Å². The van der Waals surface area contributed by atoms with Crippen molar-refractivity contribution >= 4 is 82.4 Å². The van der Waals surface area contributed by atoms with Crippen LogP contribution in [0.15, 0.2) is 44.0 Å². The minimum Gasteiger partial charge on any atom is -0.477 e. The normalized spacial score (nSPS) is 20.1. The lowest BCUT2D eigenvalue weighted by atomic mass is 10.0. The molecule has 0 aliphatic carbocycles. The monoisotopic (exact) mass is 571 g/mol. The number of aliphatic carboxylic acids is 1. The van der Waals surface area contributed by atoms with E-state index in [0.717, 1.165) is 21.2 Å². The Kier molecular flexibility index (Phi) is 9.66. The molecule has 1 aromatic heterocycles. The van der Waals surface area contributed by atoms with Crippen molar-refractivity contribution in [2.75, 3.05) is 18.1 Å². The largest absolute Gasteiger partial charge is 0.477 e. The number of rotatable bonds is 10. The van der Waals surface area contributed by atoms with Crippen molar-refractivity contribution in [2.24, 2.45) is 21.6 Å². The van der Waals surface area contributed by atoms with Crippen molar-refractivity contribution in [1.82, 2.24) is 15.2 Å². The molecule has 1 aromatic rings. The molecule has 8 N–H and O–H groups in total. The average molecular weight is 572 g/mol. The fourth-order valence-corrected chi connectivity index (χ4v) is 6.77. The van der Waals surface area contributed by atoms with Crippen LogP contribution < -0.4 is 16.8 Å². The van der Waals surface area contributed by atoms with Crippen LogP contribution in [0.1, 0.15) is 5.69 Å². The number of amidine groups is 2. The summed E-state index contributed by atoms with van der Waals surface area (Å²) in [6, 6.07) is 2.51. The zero-order chi connectivity index (χ0) is 26.4. The highest BCUT2D eigenvalue weighted by atomic mass is 32.2. The number of hydrogen-bond acceptors (Lipinski definition) is 11. The van der Waals surface area contributed by atoms with E-state index < -0.39 is 40.7 Å². The summed E-state index contributed by atoms with van der Waals surface area (Å²) in [4.78, 5) is 47.8. The van der Waals surface area contributed by atoms with E-state index in [9.17, 15) is 19.5 Å². The predicted octanol–water partition coefficient (Wildman–Crippen LogP) is -0.805. The average Bonchev–Trinajstić information content (AvgIpc) is 2.83. The molecule has 0 bridgehead atoms. The summed E-state index contributed by atoms with van der Waals surface area (Å²) in [6.07, 6.45) is 1.66. The van der Waals surface area contributed by atoms with Crippen LogP contribution in [0.25, 0.3) is 0 Å². The van der Waals surface area contributed by atoms with E-state index in [2.05, 4.69) is 33.1 Å². The van der Waals surface area contributed by atoms with E-state index in [0.29, 0.717) is 17.2 Å². The number of pyridine rings is 1. The van der Waals surface area contributed by atoms with Crippen molar-refractivity contribution in [3.63, 3.8) is 0 Å². The smallest absolute Gasteiger partial charge is 0.353 e.